The van der Waals surface area contributed by atoms with E-state index in [9.17, 15) is 4.79 Å². The molecule has 0 saturated carbocycles. The summed E-state index contributed by atoms with van der Waals surface area (Å²) < 4.78 is 5.69. The Morgan fingerprint density at radius 1 is 1.44 bits per heavy atom. The van der Waals surface area contributed by atoms with Crippen LogP contribution in [0.5, 0.6) is 0 Å². The molecule has 1 aromatic rings. The fraction of sp³-hybridized carbons (Fsp3) is 0.500. The molecule has 0 N–H and O–H groups in total. The first kappa shape index (κ1) is 13.8. The summed E-state index contributed by atoms with van der Waals surface area (Å²) in [6.45, 7) is 4.10. The van der Waals surface area contributed by atoms with Crippen LogP contribution in [0.3, 0.4) is 0 Å². The zero-order valence-electron chi connectivity index (χ0n) is 10.5. The normalized spacial score (nSPS) is 24.1. The van der Waals surface area contributed by atoms with Crippen LogP contribution in [0.15, 0.2) is 30.3 Å². The van der Waals surface area contributed by atoms with Gasteiger partial charge in [-0.05, 0) is 18.9 Å². The summed E-state index contributed by atoms with van der Waals surface area (Å²) in [5.41, 5.74) is 1.25. The van der Waals surface area contributed by atoms with Crippen molar-refractivity contribution in [1.29, 1.82) is 0 Å². The second-order valence-electron chi connectivity index (χ2n) is 4.52. The Hall–Kier alpha value is -0.620. The first-order valence-electron chi connectivity index (χ1n) is 6.29. The average molecular weight is 359 g/mol. The number of hydrogen-bond donors (Lipinski definition) is 0. The Labute approximate surface area is 122 Å². The summed E-state index contributed by atoms with van der Waals surface area (Å²) in [5.74, 6) is -0.0763. The van der Waals surface area contributed by atoms with Gasteiger partial charge in [0.2, 0.25) is 0 Å². The minimum Gasteiger partial charge on any atom is -0.465 e. The van der Waals surface area contributed by atoms with E-state index in [1.807, 2.05) is 25.1 Å². The van der Waals surface area contributed by atoms with Gasteiger partial charge < -0.3 is 4.74 Å². The maximum atomic E-state index is 11.9. The average Bonchev–Trinajstić information content (AvgIpc) is 2.72. The number of hydrogen-bond acceptors (Lipinski definition) is 3. The zero-order chi connectivity index (χ0) is 13.0. The number of rotatable bonds is 4. The molecule has 0 radical (unpaired) electrons. The fourth-order valence-electron chi connectivity index (χ4n) is 2.32. The predicted octanol–water partition coefficient (Wildman–Crippen LogP) is 2.63. The van der Waals surface area contributed by atoms with Crippen molar-refractivity contribution in [3.05, 3.63) is 35.9 Å². The molecule has 0 aliphatic carbocycles. The fourth-order valence-corrected chi connectivity index (χ4v) is 3.31. The number of likely N-dealkylation sites (tertiary alicyclic amines) is 1. The molecular formula is C14H18INO2. The number of alkyl halides is 1. The molecule has 1 heterocycles. The molecule has 2 rings (SSSR count). The Bertz CT molecular complexity index is 396. The zero-order valence-corrected chi connectivity index (χ0v) is 12.7. The van der Waals surface area contributed by atoms with Crippen LogP contribution in [0.2, 0.25) is 0 Å². The Balaban J connectivity index is 2.03. The van der Waals surface area contributed by atoms with Crippen LogP contribution >= 0.6 is 22.6 Å². The molecule has 0 amide bonds. The van der Waals surface area contributed by atoms with E-state index in [0.29, 0.717) is 10.5 Å². The molecule has 3 nitrogen and oxygen atoms in total. The van der Waals surface area contributed by atoms with Crippen molar-refractivity contribution in [3.63, 3.8) is 0 Å². The van der Waals surface area contributed by atoms with Crippen molar-refractivity contribution < 1.29 is 9.53 Å². The highest BCUT2D eigenvalue weighted by Gasteiger charge is 2.36. The molecule has 1 aliphatic heterocycles. The van der Waals surface area contributed by atoms with E-state index < -0.39 is 0 Å². The van der Waals surface area contributed by atoms with E-state index in [0.717, 1.165) is 19.5 Å². The topological polar surface area (TPSA) is 29.5 Å². The van der Waals surface area contributed by atoms with Crippen LogP contribution in [0.25, 0.3) is 0 Å². The van der Waals surface area contributed by atoms with Gasteiger partial charge in [0.05, 0.1) is 6.61 Å². The van der Waals surface area contributed by atoms with Crippen molar-refractivity contribution in [2.75, 3.05) is 13.2 Å². The monoisotopic (exact) mass is 359 g/mol. The molecular weight excluding hydrogens is 341 g/mol. The SMILES string of the molecule is CCOC(=O)[C@@H]1C[C@@H](I)CN1Cc1ccccc1. The smallest absolute Gasteiger partial charge is 0.323 e. The van der Waals surface area contributed by atoms with E-state index in [1.165, 1.54) is 5.56 Å². The van der Waals surface area contributed by atoms with Gasteiger partial charge in [0, 0.05) is 17.0 Å². The largest absolute Gasteiger partial charge is 0.465 e. The lowest BCUT2D eigenvalue weighted by atomic mass is 10.2. The number of carbonyl (C=O) groups excluding carboxylic acids is 1. The molecule has 0 unspecified atom stereocenters. The Morgan fingerprint density at radius 2 is 2.17 bits per heavy atom. The van der Waals surface area contributed by atoms with Crippen LogP contribution in [0.1, 0.15) is 18.9 Å². The van der Waals surface area contributed by atoms with E-state index >= 15 is 0 Å². The molecule has 0 aromatic heterocycles. The highest BCUT2D eigenvalue weighted by Crippen LogP contribution is 2.26. The van der Waals surface area contributed by atoms with Gasteiger partial charge in [-0.25, -0.2) is 0 Å². The molecule has 2 atom stereocenters. The summed E-state index contributed by atoms with van der Waals surface area (Å²) in [6, 6.07) is 10.2. The van der Waals surface area contributed by atoms with E-state index in [-0.39, 0.29) is 12.0 Å². The van der Waals surface area contributed by atoms with Gasteiger partial charge in [0.15, 0.2) is 0 Å². The molecule has 18 heavy (non-hydrogen) atoms. The van der Waals surface area contributed by atoms with Gasteiger partial charge in [-0.15, -0.1) is 0 Å². The summed E-state index contributed by atoms with van der Waals surface area (Å²) in [7, 11) is 0. The summed E-state index contributed by atoms with van der Waals surface area (Å²) >= 11 is 2.42. The molecule has 1 aromatic carbocycles. The van der Waals surface area contributed by atoms with E-state index in [4.69, 9.17) is 4.74 Å². The highest BCUT2D eigenvalue weighted by molar-refractivity contribution is 14.1. The maximum Gasteiger partial charge on any atom is 0.323 e. The second kappa shape index (κ2) is 6.52. The third kappa shape index (κ3) is 3.45. The summed E-state index contributed by atoms with van der Waals surface area (Å²) in [6.07, 6.45) is 0.895. The molecule has 1 fully saturated rings. The third-order valence-electron chi connectivity index (χ3n) is 3.14. The molecule has 98 valence electrons. The molecule has 4 heteroatoms. The standard InChI is InChI=1S/C14H18INO2/c1-2-18-14(17)13-8-12(15)10-16(13)9-11-6-4-3-5-7-11/h3-7,12-13H,2,8-10H2,1H3/t12-,13+/m1/s1. The van der Waals surface area contributed by atoms with Gasteiger partial charge in [-0.3, -0.25) is 9.69 Å². The highest BCUT2D eigenvalue weighted by atomic mass is 127. The number of halogens is 1. The maximum absolute atomic E-state index is 11.9. The van der Waals surface area contributed by atoms with E-state index in [1.54, 1.807) is 0 Å². The first-order chi connectivity index (χ1) is 8.70. The first-order valence-corrected chi connectivity index (χ1v) is 7.54. The van der Waals surface area contributed by atoms with Crippen molar-refractivity contribution in [3.8, 4) is 0 Å². The second-order valence-corrected chi connectivity index (χ2v) is 6.28. The third-order valence-corrected chi connectivity index (χ3v) is 4.04. The van der Waals surface area contributed by atoms with Crippen LogP contribution in [0.4, 0.5) is 0 Å². The summed E-state index contributed by atoms with van der Waals surface area (Å²) in [5, 5.41) is 0. The Morgan fingerprint density at radius 3 is 2.83 bits per heavy atom. The molecule has 1 saturated heterocycles. The molecule has 1 aliphatic rings. The van der Waals surface area contributed by atoms with Crippen LogP contribution in [-0.2, 0) is 16.1 Å². The minimum absolute atomic E-state index is 0.0763. The van der Waals surface area contributed by atoms with Crippen LogP contribution < -0.4 is 0 Å². The lowest BCUT2D eigenvalue weighted by Crippen LogP contribution is -2.36. The number of nitrogens with zero attached hydrogens (tertiary/aromatic N) is 1. The predicted molar refractivity (Wildman–Crippen MR) is 79.7 cm³/mol. The van der Waals surface area contributed by atoms with Gasteiger partial charge in [-0.2, -0.15) is 0 Å². The van der Waals surface area contributed by atoms with Gasteiger partial charge in [0.1, 0.15) is 6.04 Å². The van der Waals surface area contributed by atoms with Crippen molar-refractivity contribution in [1.82, 2.24) is 4.90 Å². The van der Waals surface area contributed by atoms with Crippen LogP contribution in [-0.4, -0.2) is 34.0 Å². The van der Waals surface area contributed by atoms with Crippen molar-refractivity contribution in [2.45, 2.75) is 29.9 Å². The van der Waals surface area contributed by atoms with Gasteiger partial charge in [-0.1, -0.05) is 52.9 Å². The number of esters is 1. The van der Waals surface area contributed by atoms with Crippen molar-refractivity contribution in [2.24, 2.45) is 0 Å². The van der Waals surface area contributed by atoms with Gasteiger partial charge >= 0.3 is 5.97 Å². The van der Waals surface area contributed by atoms with Gasteiger partial charge in [0.25, 0.3) is 0 Å². The Kier molecular flexibility index (Phi) is 5.00. The molecule has 0 bridgehead atoms. The van der Waals surface area contributed by atoms with Crippen LogP contribution in [0, 0.1) is 0 Å². The number of carbonyl (C=O) groups is 1. The minimum atomic E-state index is -0.0768. The number of benzene rings is 1. The van der Waals surface area contributed by atoms with E-state index in [2.05, 4.69) is 39.6 Å². The lowest BCUT2D eigenvalue weighted by molar-refractivity contribution is -0.148. The summed E-state index contributed by atoms with van der Waals surface area (Å²) in [4.78, 5) is 14.2. The number of ether oxygens (including phenoxy) is 1. The lowest BCUT2D eigenvalue weighted by Gasteiger charge is -2.22. The molecule has 0 spiro atoms. The van der Waals surface area contributed by atoms with Crippen molar-refractivity contribution >= 4 is 28.6 Å². The quantitative estimate of drug-likeness (QED) is 0.470.